The zero-order chi connectivity index (χ0) is 15.8. The average Bonchev–Trinajstić information content (AvgIpc) is 2.91. The van der Waals surface area contributed by atoms with Crippen molar-refractivity contribution in [2.24, 2.45) is 0 Å². The normalized spacial score (nSPS) is 22.0. The number of fused-ring (bicyclic) bond motifs is 2. The van der Waals surface area contributed by atoms with Gasteiger partial charge in [-0.05, 0) is 17.7 Å². The summed E-state index contributed by atoms with van der Waals surface area (Å²) in [7, 11) is 0. The third-order valence-electron chi connectivity index (χ3n) is 4.38. The van der Waals surface area contributed by atoms with E-state index in [0.717, 1.165) is 29.1 Å². The summed E-state index contributed by atoms with van der Waals surface area (Å²) in [5.41, 5.74) is 4.01. The van der Waals surface area contributed by atoms with E-state index < -0.39 is 0 Å². The van der Waals surface area contributed by atoms with Gasteiger partial charge in [-0.25, -0.2) is 0 Å². The van der Waals surface area contributed by atoms with Crippen molar-refractivity contribution in [3.8, 4) is 5.75 Å². The number of anilines is 2. The summed E-state index contributed by atoms with van der Waals surface area (Å²) in [4.78, 5) is 12.0. The second-order valence-corrected chi connectivity index (χ2v) is 5.93. The van der Waals surface area contributed by atoms with E-state index in [0.29, 0.717) is 6.42 Å². The standard InChI is InChI=1S/C19H18N2O2/c1-2-13-11-18(22)21-15-8-5-7-14(19(15)20-13)17-10-12-6-3-4-9-16(12)23-17/h2-9,13,17,20H,1,10-11H2,(H,21,22)/t13-,17?/m1/s1. The number of carbonyl (C=O) groups excluding carboxylic acids is 1. The van der Waals surface area contributed by atoms with E-state index in [1.165, 1.54) is 5.56 Å². The van der Waals surface area contributed by atoms with Crippen molar-refractivity contribution in [1.29, 1.82) is 0 Å². The molecule has 2 aliphatic rings. The third-order valence-corrected chi connectivity index (χ3v) is 4.38. The maximum absolute atomic E-state index is 12.0. The molecular formula is C19H18N2O2. The van der Waals surface area contributed by atoms with E-state index in [1.807, 2.05) is 30.3 Å². The summed E-state index contributed by atoms with van der Waals surface area (Å²) in [6.45, 7) is 3.82. The Bertz CT molecular complexity index is 760. The van der Waals surface area contributed by atoms with Crippen molar-refractivity contribution in [2.75, 3.05) is 10.6 Å². The SMILES string of the molecule is C=C[C@@H]1CC(=O)Nc2cccc(C3Cc4ccccc4O3)c2N1. The molecule has 0 saturated heterocycles. The van der Waals surface area contributed by atoms with Gasteiger partial charge in [-0.2, -0.15) is 0 Å². The molecule has 4 nitrogen and oxygen atoms in total. The van der Waals surface area contributed by atoms with Crippen molar-refractivity contribution in [3.63, 3.8) is 0 Å². The highest BCUT2D eigenvalue weighted by Gasteiger charge is 2.29. The van der Waals surface area contributed by atoms with Crippen LogP contribution < -0.4 is 15.4 Å². The van der Waals surface area contributed by atoms with E-state index in [1.54, 1.807) is 6.08 Å². The van der Waals surface area contributed by atoms with Crippen molar-refractivity contribution in [3.05, 3.63) is 66.2 Å². The average molecular weight is 306 g/mol. The van der Waals surface area contributed by atoms with Crippen molar-refractivity contribution in [2.45, 2.75) is 25.0 Å². The molecule has 2 atom stereocenters. The van der Waals surface area contributed by atoms with Crippen LogP contribution >= 0.6 is 0 Å². The highest BCUT2D eigenvalue weighted by molar-refractivity contribution is 5.97. The molecule has 0 bridgehead atoms. The van der Waals surface area contributed by atoms with Gasteiger partial charge in [0.05, 0.1) is 23.8 Å². The van der Waals surface area contributed by atoms with Gasteiger partial charge >= 0.3 is 0 Å². The van der Waals surface area contributed by atoms with E-state index in [-0.39, 0.29) is 18.1 Å². The molecule has 2 heterocycles. The van der Waals surface area contributed by atoms with Crippen LogP contribution in [0.15, 0.2) is 55.1 Å². The number of hydrogen-bond donors (Lipinski definition) is 2. The third kappa shape index (κ3) is 2.46. The van der Waals surface area contributed by atoms with Crippen LogP contribution in [0.2, 0.25) is 0 Å². The predicted molar refractivity (Wildman–Crippen MR) is 90.8 cm³/mol. The first-order chi connectivity index (χ1) is 11.2. The molecular weight excluding hydrogens is 288 g/mol. The second kappa shape index (κ2) is 5.47. The first-order valence-corrected chi connectivity index (χ1v) is 7.81. The first kappa shape index (κ1) is 13.9. The number of rotatable bonds is 2. The van der Waals surface area contributed by atoms with E-state index in [9.17, 15) is 4.79 Å². The summed E-state index contributed by atoms with van der Waals surface area (Å²) in [5, 5.41) is 6.40. The minimum Gasteiger partial charge on any atom is -0.485 e. The van der Waals surface area contributed by atoms with Gasteiger partial charge < -0.3 is 15.4 Å². The lowest BCUT2D eigenvalue weighted by Crippen LogP contribution is -2.20. The maximum atomic E-state index is 12.0. The van der Waals surface area contributed by atoms with Crippen LogP contribution in [0.4, 0.5) is 11.4 Å². The van der Waals surface area contributed by atoms with Crippen LogP contribution in [-0.2, 0) is 11.2 Å². The fourth-order valence-corrected chi connectivity index (χ4v) is 3.24. The Labute approximate surface area is 135 Å². The smallest absolute Gasteiger partial charge is 0.226 e. The molecule has 2 aromatic carbocycles. The Hall–Kier alpha value is -2.75. The van der Waals surface area contributed by atoms with Crippen LogP contribution in [0.25, 0.3) is 0 Å². The van der Waals surface area contributed by atoms with Gasteiger partial charge in [-0.1, -0.05) is 36.4 Å². The van der Waals surface area contributed by atoms with E-state index in [2.05, 4.69) is 29.3 Å². The molecule has 2 aromatic rings. The van der Waals surface area contributed by atoms with Crippen LogP contribution in [0.3, 0.4) is 0 Å². The molecule has 0 aliphatic carbocycles. The van der Waals surface area contributed by atoms with Gasteiger partial charge in [0, 0.05) is 12.0 Å². The minimum atomic E-state index is -0.0822. The topological polar surface area (TPSA) is 50.4 Å². The predicted octanol–water partition coefficient (Wildman–Crippen LogP) is 3.67. The van der Waals surface area contributed by atoms with Crippen LogP contribution in [0.5, 0.6) is 5.75 Å². The number of benzene rings is 2. The lowest BCUT2D eigenvalue weighted by atomic mass is 10.0. The highest BCUT2D eigenvalue weighted by atomic mass is 16.5. The molecule has 0 aromatic heterocycles. The quantitative estimate of drug-likeness (QED) is 0.832. The number of para-hydroxylation sites is 2. The van der Waals surface area contributed by atoms with E-state index in [4.69, 9.17) is 4.74 Å². The van der Waals surface area contributed by atoms with Gasteiger partial charge in [-0.3, -0.25) is 4.79 Å². The van der Waals surface area contributed by atoms with Gasteiger partial charge in [0.15, 0.2) is 0 Å². The lowest BCUT2D eigenvalue weighted by Gasteiger charge is -2.20. The van der Waals surface area contributed by atoms with Crippen molar-refractivity contribution in [1.82, 2.24) is 0 Å². The molecule has 2 aliphatic heterocycles. The molecule has 116 valence electrons. The summed E-state index contributed by atoms with van der Waals surface area (Å²) in [5.74, 6) is 0.932. The van der Waals surface area contributed by atoms with Crippen LogP contribution in [-0.4, -0.2) is 11.9 Å². The second-order valence-electron chi connectivity index (χ2n) is 5.93. The molecule has 23 heavy (non-hydrogen) atoms. The molecule has 1 unspecified atom stereocenters. The van der Waals surface area contributed by atoms with Gasteiger partial charge in [-0.15, -0.1) is 6.58 Å². The van der Waals surface area contributed by atoms with E-state index >= 15 is 0 Å². The zero-order valence-corrected chi connectivity index (χ0v) is 12.7. The largest absolute Gasteiger partial charge is 0.485 e. The Morgan fingerprint density at radius 2 is 2.00 bits per heavy atom. The fraction of sp³-hybridized carbons (Fsp3) is 0.211. The minimum absolute atomic E-state index is 0.00562. The van der Waals surface area contributed by atoms with Crippen molar-refractivity contribution < 1.29 is 9.53 Å². The number of hydrogen-bond acceptors (Lipinski definition) is 3. The number of nitrogens with one attached hydrogen (secondary N) is 2. The monoisotopic (exact) mass is 306 g/mol. The zero-order valence-electron chi connectivity index (χ0n) is 12.7. The molecule has 0 spiro atoms. The Kier molecular flexibility index (Phi) is 3.30. The summed E-state index contributed by atoms with van der Waals surface area (Å²) >= 11 is 0. The first-order valence-electron chi connectivity index (χ1n) is 7.81. The Morgan fingerprint density at radius 1 is 1.13 bits per heavy atom. The Balaban J connectivity index is 1.73. The van der Waals surface area contributed by atoms with Gasteiger partial charge in [0.25, 0.3) is 0 Å². The van der Waals surface area contributed by atoms with Crippen LogP contribution in [0.1, 0.15) is 23.7 Å². The number of ether oxygens (including phenoxy) is 1. The molecule has 4 heteroatoms. The highest BCUT2D eigenvalue weighted by Crippen LogP contribution is 2.41. The fourth-order valence-electron chi connectivity index (χ4n) is 3.24. The molecule has 4 rings (SSSR count). The maximum Gasteiger partial charge on any atom is 0.226 e. The number of amides is 1. The molecule has 1 amide bonds. The summed E-state index contributed by atoms with van der Waals surface area (Å²) < 4.78 is 6.12. The molecule has 0 fully saturated rings. The Morgan fingerprint density at radius 3 is 2.83 bits per heavy atom. The molecule has 0 radical (unpaired) electrons. The molecule has 0 saturated carbocycles. The van der Waals surface area contributed by atoms with Gasteiger partial charge in [0.1, 0.15) is 11.9 Å². The van der Waals surface area contributed by atoms with Gasteiger partial charge in [0.2, 0.25) is 5.91 Å². The summed E-state index contributed by atoms with van der Waals surface area (Å²) in [6, 6.07) is 14.0. The molecule has 2 N–H and O–H groups in total. The lowest BCUT2D eigenvalue weighted by molar-refractivity contribution is -0.116. The van der Waals surface area contributed by atoms with Crippen molar-refractivity contribution >= 4 is 17.3 Å². The van der Waals surface area contributed by atoms with Crippen LogP contribution in [0, 0.1) is 0 Å². The number of carbonyl (C=O) groups is 1. The summed E-state index contributed by atoms with van der Waals surface area (Å²) in [6.07, 6.45) is 2.94.